The number of carbonyl (C=O) groups is 2. The summed E-state index contributed by atoms with van der Waals surface area (Å²) in [5.74, 6) is -0.169. The van der Waals surface area contributed by atoms with E-state index in [1.807, 2.05) is 18.2 Å². The fourth-order valence-corrected chi connectivity index (χ4v) is 4.56. The summed E-state index contributed by atoms with van der Waals surface area (Å²) < 4.78 is 0. The predicted octanol–water partition coefficient (Wildman–Crippen LogP) is 3.80. The molecule has 0 radical (unpaired) electrons. The maximum Gasteiger partial charge on any atom is 0.261 e. The molecule has 1 aliphatic rings. The SMILES string of the molecule is CNC(=O)c1ccc(CNC(=O)c2cc3c(s2)-c2ccccc2CC3)cc1. The van der Waals surface area contributed by atoms with Crippen molar-refractivity contribution in [2.24, 2.45) is 0 Å². The van der Waals surface area contributed by atoms with Crippen LogP contribution < -0.4 is 10.6 Å². The van der Waals surface area contributed by atoms with E-state index in [4.69, 9.17) is 0 Å². The first-order valence-corrected chi connectivity index (χ1v) is 9.77. The molecular formula is C22H20N2O2S. The lowest BCUT2D eigenvalue weighted by Gasteiger charge is -2.15. The van der Waals surface area contributed by atoms with Crippen LogP contribution in [-0.4, -0.2) is 18.9 Å². The summed E-state index contributed by atoms with van der Waals surface area (Å²) in [4.78, 5) is 26.2. The van der Waals surface area contributed by atoms with Gasteiger partial charge in [-0.05, 0) is 53.3 Å². The second-order valence-electron chi connectivity index (χ2n) is 6.58. The molecule has 0 saturated heterocycles. The van der Waals surface area contributed by atoms with Crippen molar-refractivity contribution in [2.75, 3.05) is 7.05 Å². The summed E-state index contributed by atoms with van der Waals surface area (Å²) in [7, 11) is 1.61. The fraction of sp³-hybridized carbons (Fsp3) is 0.182. The van der Waals surface area contributed by atoms with Gasteiger partial charge in [0, 0.05) is 24.0 Å². The molecule has 27 heavy (non-hydrogen) atoms. The van der Waals surface area contributed by atoms with Crippen molar-refractivity contribution >= 4 is 23.2 Å². The number of hydrogen-bond acceptors (Lipinski definition) is 3. The normalized spacial score (nSPS) is 12.0. The lowest BCUT2D eigenvalue weighted by Crippen LogP contribution is -2.22. The van der Waals surface area contributed by atoms with Gasteiger partial charge in [-0.25, -0.2) is 0 Å². The minimum Gasteiger partial charge on any atom is -0.355 e. The average Bonchev–Trinajstić information content (AvgIpc) is 3.17. The Morgan fingerprint density at radius 1 is 0.963 bits per heavy atom. The summed E-state index contributed by atoms with van der Waals surface area (Å²) in [6, 6.07) is 17.7. The van der Waals surface area contributed by atoms with E-state index < -0.39 is 0 Å². The van der Waals surface area contributed by atoms with E-state index in [9.17, 15) is 9.59 Å². The van der Waals surface area contributed by atoms with Crippen LogP contribution in [0.5, 0.6) is 0 Å². The van der Waals surface area contributed by atoms with Crippen LogP contribution in [0.15, 0.2) is 54.6 Å². The molecule has 1 aromatic heterocycles. The number of fused-ring (bicyclic) bond motifs is 3. The summed E-state index contributed by atoms with van der Waals surface area (Å²) in [5.41, 5.74) is 5.45. The van der Waals surface area contributed by atoms with E-state index in [0.29, 0.717) is 12.1 Å². The molecule has 4 rings (SSSR count). The molecule has 2 aromatic carbocycles. The molecule has 2 amide bonds. The third-order valence-electron chi connectivity index (χ3n) is 4.85. The molecule has 0 unspecified atom stereocenters. The number of benzene rings is 2. The molecule has 5 heteroatoms. The Balaban J connectivity index is 1.46. The number of thiophene rings is 1. The second-order valence-corrected chi connectivity index (χ2v) is 7.63. The highest BCUT2D eigenvalue weighted by Gasteiger charge is 2.21. The highest BCUT2D eigenvalue weighted by molar-refractivity contribution is 7.17. The van der Waals surface area contributed by atoms with Gasteiger partial charge in [-0.2, -0.15) is 0 Å². The van der Waals surface area contributed by atoms with Crippen molar-refractivity contribution in [1.29, 1.82) is 0 Å². The van der Waals surface area contributed by atoms with E-state index in [0.717, 1.165) is 23.3 Å². The van der Waals surface area contributed by atoms with Gasteiger partial charge in [-0.15, -0.1) is 11.3 Å². The van der Waals surface area contributed by atoms with Gasteiger partial charge in [0.05, 0.1) is 4.88 Å². The molecule has 0 atom stereocenters. The molecule has 0 saturated carbocycles. The van der Waals surface area contributed by atoms with Gasteiger partial charge in [0.15, 0.2) is 0 Å². The maximum absolute atomic E-state index is 12.6. The van der Waals surface area contributed by atoms with E-state index in [2.05, 4.69) is 34.9 Å². The summed E-state index contributed by atoms with van der Waals surface area (Å²) >= 11 is 1.57. The maximum atomic E-state index is 12.6. The Labute approximate surface area is 162 Å². The summed E-state index contributed by atoms with van der Waals surface area (Å²) in [6.45, 7) is 0.437. The molecule has 2 N–H and O–H groups in total. The topological polar surface area (TPSA) is 58.2 Å². The van der Waals surface area contributed by atoms with Gasteiger partial charge in [0.1, 0.15) is 0 Å². The van der Waals surface area contributed by atoms with Crippen molar-refractivity contribution in [3.8, 4) is 10.4 Å². The minimum absolute atomic E-state index is 0.0535. The van der Waals surface area contributed by atoms with Gasteiger partial charge in [0.25, 0.3) is 11.8 Å². The van der Waals surface area contributed by atoms with Crippen molar-refractivity contribution < 1.29 is 9.59 Å². The third kappa shape index (κ3) is 3.51. The van der Waals surface area contributed by atoms with Crippen LogP contribution in [0.4, 0.5) is 0 Å². The smallest absolute Gasteiger partial charge is 0.261 e. The number of aryl methyl sites for hydroxylation is 2. The first kappa shape index (κ1) is 17.5. The molecule has 1 heterocycles. The summed E-state index contributed by atoms with van der Waals surface area (Å²) in [6.07, 6.45) is 2.01. The molecule has 0 bridgehead atoms. The Hall–Kier alpha value is -2.92. The molecule has 1 aliphatic carbocycles. The van der Waals surface area contributed by atoms with E-state index in [1.165, 1.54) is 21.6 Å². The minimum atomic E-state index is -0.116. The standard InChI is InChI=1S/C22H20N2O2S/c1-23-21(25)16-8-6-14(7-9-16)13-24-22(26)19-12-17-11-10-15-4-2-3-5-18(15)20(17)27-19/h2-9,12H,10-11,13H2,1H3,(H,23,25)(H,24,26). The Bertz CT molecular complexity index is 1010. The molecule has 0 fully saturated rings. The lowest BCUT2D eigenvalue weighted by atomic mass is 9.91. The third-order valence-corrected chi connectivity index (χ3v) is 6.06. The van der Waals surface area contributed by atoms with Crippen molar-refractivity contribution in [3.63, 3.8) is 0 Å². The highest BCUT2D eigenvalue weighted by Crippen LogP contribution is 2.39. The van der Waals surface area contributed by atoms with Crippen LogP contribution in [0.1, 0.15) is 36.7 Å². The first-order valence-electron chi connectivity index (χ1n) is 8.96. The zero-order valence-electron chi connectivity index (χ0n) is 15.0. The summed E-state index contributed by atoms with van der Waals surface area (Å²) in [5, 5.41) is 5.58. The van der Waals surface area contributed by atoms with Crippen LogP contribution in [0.2, 0.25) is 0 Å². The van der Waals surface area contributed by atoms with Crippen LogP contribution in [-0.2, 0) is 19.4 Å². The second kappa shape index (κ2) is 7.37. The Morgan fingerprint density at radius 3 is 2.48 bits per heavy atom. The molecule has 136 valence electrons. The van der Waals surface area contributed by atoms with Crippen LogP contribution in [0.25, 0.3) is 10.4 Å². The van der Waals surface area contributed by atoms with Crippen molar-refractivity contribution in [1.82, 2.24) is 10.6 Å². The number of nitrogens with one attached hydrogen (secondary N) is 2. The number of hydrogen-bond donors (Lipinski definition) is 2. The predicted molar refractivity (Wildman–Crippen MR) is 108 cm³/mol. The fourth-order valence-electron chi connectivity index (χ4n) is 3.37. The molecule has 4 nitrogen and oxygen atoms in total. The average molecular weight is 376 g/mol. The molecule has 3 aromatic rings. The number of rotatable bonds is 4. The van der Waals surface area contributed by atoms with Crippen molar-refractivity contribution in [2.45, 2.75) is 19.4 Å². The number of amides is 2. The highest BCUT2D eigenvalue weighted by atomic mass is 32.1. The first-order chi connectivity index (χ1) is 13.2. The van der Waals surface area contributed by atoms with E-state index >= 15 is 0 Å². The Morgan fingerprint density at radius 2 is 1.70 bits per heavy atom. The number of carbonyl (C=O) groups excluding carboxylic acids is 2. The van der Waals surface area contributed by atoms with Gasteiger partial charge in [-0.3, -0.25) is 9.59 Å². The van der Waals surface area contributed by atoms with Crippen LogP contribution in [0.3, 0.4) is 0 Å². The molecular weight excluding hydrogens is 356 g/mol. The van der Waals surface area contributed by atoms with E-state index in [-0.39, 0.29) is 11.8 Å². The largest absolute Gasteiger partial charge is 0.355 e. The monoisotopic (exact) mass is 376 g/mol. The van der Waals surface area contributed by atoms with Crippen LogP contribution >= 0.6 is 11.3 Å². The van der Waals surface area contributed by atoms with E-state index in [1.54, 1.807) is 30.5 Å². The van der Waals surface area contributed by atoms with Crippen molar-refractivity contribution in [3.05, 3.63) is 81.7 Å². The zero-order chi connectivity index (χ0) is 18.8. The van der Waals surface area contributed by atoms with Gasteiger partial charge < -0.3 is 10.6 Å². The lowest BCUT2D eigenvalue weighted by molar-refractivity contribution is 0.0949. The zero-order valence-corrected chi connectivity index (χ0v) is 15.9. The van der Waals surface area contributed by atoms with Gasteiger partial charge in [0.2, 0.25) is 0 Å². The van der Waals surface area contributed by atoms with Crippen LogP contribution in [0, 0.1) is 0 Å². The van der Waals surface area contributed by atoms with Gasteiger partial charge >= 0.3 is 0 Å². The van der Waals surface area contributed by atoms with Gasteiger partial charge in [-0.1, -0.05) is 36.4 Å². The Kier molecular flexibility index (Phi) is 4.77. The quantitative estimate of drug-likeness (QED) is 0.728. The molecule has 0 spiro atoms. The molecule has 0 aliphatic heterocycles.